The van der Waals surface area contributed by atoms with Gasteiger partial charge in [-0.3, -0.25) is 0 Å². The summed E-state index contributed by atoms with van der Waals surface area (Å²) in [7, 11) is 3.64. The quantitative estimate of drug-likeness (QED) is 0.895. The van der Waals surface area contributed by atoms with Crippen molar-refractivity contribution in [2.75, 3.05) is 24.8 Å². The molecule has 90 valence electrons. The first-order chi connectivity index (χ1) is 8.20. The van der Waals surface area contributed by atoms with Crippen LogP contribution >= 0.6 is 11.5 Å². The van der Waals surface area contributed by atoms with Gasteiger partial charge in [-0.15, -0.1) is 5.10 Å². The Hall–Kier alpha value is -1.82. The Labute approximate surface area is 104 Å². The van der Waals surface area contributed by atoms with Crippen LogP contribution in [0.5, 0.6) is 5.75 Å². The van der Waals surface area contributed by atoms with Gasteiger partial charge in [-0.05, 0) is 24.3 Å². The van der Waals surface area contributed by atoms with Gasteiger partial charge in [0.2, 0.25) is 0 Å². The molecule has 2 rings (SSSR count). The predicted octanol–water partition coefficient (Wildman–Crippen LogP) is 1.77. The molecule has 0 aliphatic carbocycles. The minimum atomic E-state index is 0.647. The fourth-order valence-electron chi connectivity index (χ4n) is 1.48. The van der Waals surface area contributed by atoms with E-state index in [1.54, 1.807) is 7.11 Å². The van der Waals surface area contributed by atoms with Crippen molar-refractivity contribution in [3.8, 4) is 5.75 Å². The summed E-state index contributed by atoms with van der Waals surface area (Å²) in [6.45, 7) is 0.647. The zero-order valence-electron chi connectivity index (χ0n) is 9.75. The number of ether oxygens (including phenoxy) is 1. The molecule has 0 bridgehead atoms. The molecule has 1 aromatic heterocycles. The van der Waals surface area contributed by atoms with E-state index in [1.807, 2.05) is 31.3 Å². The van der Waals surface area contributed by atoms with E-state index < -0.39 is 0 Å². The number of aromatic nitrogens is 2. The number of hydrogen-bond donors (Lipinski definition) is 1. The number of rotatable bonds is 4. The predicted molar refractivity (Wildman–Crippen MR) is 69.4 cm³/mol. The average molecular weight is 250 g/mol. The van der Waals surface area contributed by atoms with E-state index in [0.717, 1.165) is 17.1 Å². The van der Waals surface area contributed by atoms with Gasteiger partial charge in [0.25, 0.3) is 0 Å². The maximum Gasteiger partial charge on any atom is 0.132 e. The molecule has 6 heteroatoms. The molecule has 0 saturated heterocycles. The van der Waals surface area contributed by atoms with E-state index >= 15 is 0 Å². The van der Waals surface area contributed by atoms with Gasteiger partial charge in [0.1, 0.15) is 16.4 Å². The zero-order valence-corrected chi connectivity index (χ0v) is 10.6. The van der Waals surface area contributed by atoms with Crippen molar-refractivity contribution < 1.29 is 4.74 Å². The van der Waals surface area contributed by atoms with Gasteiger partial charge in [-0.25, -0.2) is 0 Å². The van der Waals surface area contributed by atoms with Crippen LogP contribution in [0, 0.1) is 0 Å². The fraction of sp³-hybridized carbons (Fsp3) is 0.273. The zero-order chi connectivity index (χ0) is 12.3. The van der Waals surface area contributed by atoms with Crippen LogP contribution < -0.4 is 15.4 Å². The topological polar surface area (TPSA) is 64.3 Å². The fourth-order valence-corrected chi connectivity index (χ4v) is 1.92. The molecule has 0 spiro atoms. The number of nitrogen functional groups attached to an aromatic ring is 1. The number of benzene rings is 1. The second-order valence-corrected chi connectivity index (χ2v) is 4.42. The molecule has 0 atom stereocenters. The summed E-state index contributed by atoms with van der Waals surface area (Å²) in [5, 5.41) is 4.66. The first-order valence-corrected chi connectivity index (χ1v) is 5.90. The summed E-state index contributed by atoms with van der Waals surface area (Å²) in [5.41, 5.74) is 7.65. The normalized spacial score (nSPS) is 10.2. The van der Waals surface area contributed by atoms with Crippen LogP contribution in [0.15, 0.2) is 24.3 Å². The highest BCUT2D eigenvalue weighted by molar-refractivity contribution is 7.09. The van der Waals surface area contributed by atoms with Gasteiger partial charge in [0, 0.05) is 24.3 Å². The SMILES string of the molecule is COc1ccc(N(C)Cc2nnsc2N)cc1. The average Bonchev–Trinajstić information content (AvgIpc) is 2.75. The molecule has 0 unspecified atom stereocenters. The molecule has 0 aliphatic heterocycles. The van der Waals surface area contributed by atoms with E-state index in [2.05, 4.69) is 14.5 Å². The Morgan fingerprint density at radius 1 is 1.35 bits per heavy atom. The van der Waals surface area contributed by atoms with Crippen LogP contribution in [0.3, 0.4) is 0 Å². The number of anilines is 2. The largest absolute Gasteiger partial charge is 0.497 e. The van der Waals surface area contributed by atoms with Gasteiger partial charge in [0.05, 0.1) is 13.7 Å². The van der Waals surface area contributed by atoms with Crippen LogP contribution in [0.4, 0.5) is 10.7 Å². The summed E-state index contributed by atoms with van der Waals surface area (Å²) in [6.07, 6.45) is 0. The molecule has 0 fully saturated rings. The highest BCUT2D eigenvalue weighted by Crippen LogP contribution is 2.21. The van der Waals surface area contributed by atoms with Crippen molar-refractivity contribution in [1.82, 2.24) is 9.59 Å². The van der Waals surface area contributed by atoms with Gasteiger partial charge >= 0.3 is 0 Å². The molecule has 5 nitrogen and oxygen atoms in total. The molecular formula is C11H14N4OS. The lowest BCUT2D eigenvalue weighted by Gasteiger charge is -2.18. The van der Waals surface area contributed by atoms with E-state index in [1.165, 1.54) is 11.5 Å². The molecule has 0 saturated carbocycles. The van der Waals surface area contributed by atoms with Crippen molar-refractivity contribution in [2.45, 2.75) is 6.54 Å². The Morgan fingerprint density at radius 2 is 2.06 bits per heavy atom. The number of methoxy groups -OCH3 is 1. The Morgan fingerprint density at radius 3 is 2.59 bits per heavy atom. The third-order valence-electron chi connectivity index (χ3n) is 2.49. The molecule has 1 aromatic carbocycles. The second kappa shape index (κ2) is 5.01. The minimum Gasteiger partial charge on any atom is -0.497 e. The summed E-state index contributed by atoms with van der Waals surface area (Å²) in [6, 6.07) is 7.84. The van der Waals surface area contributed by atoms with Gasteiger partial charge in [-0.1, -0.05) is 4.49 Å². The Balaban J connectivity index is 2.09. The molecule has 1 heterocycles. The first kappa shape index (κ1) is 11.7. The molecule has 0 radical (unpaired) electrons. The van der Waals surface area contributed by atoms with Crippen molar-refractivity contribution in [2.24, 2.45) is 0 Å². The lowest BCUT2D eigenvalue weighted by molar-refractivity contribution is 0.415. The Kier molecular flexibility index (Phi) is 3.43. The van der Waals surface area contributed by atoms with Crippen molar-refractivity contribution >= 4 is 22.2 Å². The third-order valence-corrected chi connectivity index (χ3v) is 3.08. The highest BCUT2D eigenvalue weighted by Gasteiger charge is 2.08. The van der Waals surface area contributed by atoms with Gasteiger partial charge < -0.3 is 15.4 Å². The van der Waals surface area contributed by atoms with Crippen molar-refractivity contribution in [3.63, 3.8) is 0 Å². The van der Waals surface area contributed by atoms with E-state index in [9.17, 15) is 0 Å². The lowest BCUT2D eigenvalue weighted by atomic mass is 10.2. The molecular weight excluding hydrogens is 236 g/mol. The molecule has 2 aromatic rings. The minimum absolute atomic E-state index is 0.647. The summed E-state index contributed by atoms with van der Waals surface area (Å²) in [4.78, 5) is 2.06. The van der Waals surface area contributed by atoms with Crippen molar-refractivity contribution in [3.05, 3.63) is 30.0 Å². The van der Waals surface area contributed by atoms with Crippen LogP contribution in [-0.2, 0) is 6.54 Å². The maximum atomic E-state index is 5.76. The summed E-state index contributed by atoms with van der Waals surface area (Å²) >= 11 is 1.22. The molecule has 17 heavy (non-hydrogen) atoms. The van der Waals surface area contributed by atoms with E-state index in [-0.39, 0.29) is 0 Å². The molecule has 2 N–H and O–H groups in total. The van der Waals surface area contributed by atoms with Crippen LogP contribution in [0.2, 0.25) is 0 Å². The maximum absolute atomic E-state index is 5.76. The first-order valence-electron chi connectivity index (χ1n) is 5.12. The van der Waals surface area contributed by atoms with Crippen molar-refractivity contribution in [1.29, 1.82) is 0 Å². The lowest BCUT2D eigenvalue weighted by Crippen LogP contribution is -2.17. The summed E-state index contributed by atoms with van der Waals surface area (Å²) in [5.74, 6) is 0.844. The highest BCUT2D eigenvalue weighted by atomic mass is 32.1. The van der Waals surface area contributed by atoms with Crippen LogP contribution in [-0.4, -0.2) is 23.7 Å². The van der Waals surface area contributed by atoms with Gasteiger partial charge in [-0.2, -0.15) is 0 Å². The van der Waals surface area contributed by atoms with E-state index in [0.29, 0.717) is 11.5 Å². The standard InChI is InChI=1S/C11H14N4OS/c1-15(7-10-11(12)17-14-13-10)8-3-5-9(16-2)6-4-8/h3-6H,7,12H2,1-2H3. The Bertz CT molecular complexity index is 482. The number of nitrogens with two attached hydrogens (primary N) is 1. The summed E-state index contributed by atoms with van der Waals surface area (Å²) < 4.78 is 8.93. The molecule has 0 amide bonds. The third kappa shape index (κ3) is 2.65. The number of hydrogen-bond acceptors (Lipinski definition) is 6. The molecule has 0 aliphatic rings. The monoisotopic (exact) mass is 250 g/mol. The second-order valence-electron chi connectivity index (χ2n) is 3.64. The van der Waals surface area contributed by atoms with E-state index in [4.69, 9.17) is 10.5 Å². The van der Waals surface area contributed by atoms with Crippen LogP contribution in [0.25, 0.3) is 0 Å². The van der Waals surface area contributed by atoms with Gasteiger partial charge in [0.15, 0.2) is 0 Å². The smallest absolute Gasteiger partial charge is 0.132 e. The number of nitrogens with zero attached hydrogens (tertiary/aromatic N) is 3. The van der Waals surface area contributed by atoms with Crippen LogP contribution in [0.1, 0.15) is 5.69 Å².